The van der Waals surface area contributed by atoms with Crippen molar-refractivity contribution < 1.29 is 8.78 Å². The number of hydrogen-bond donors (Lipinski definition) is 0. The molecule has 2 aromatic carbocycles. The van der Waals surface area contributed by atoms with Crippen molar-refractivity contribution in [1.29, 1.82) is 5.26 Å². The summed E-state index contributed by atoms with van der Waals surface area (Å²) in [5.41, 5.74) is 3.55. The van der Waals surface area contributed by atoms with Gasteiger partial charge in [-0.1, -0.05) is 30.3 Å². The van der Waals surface area contributed by atoms with Crippen molar-refractivity contribution in [2.75, 3.05) is 18.0 Å². The fourth-order valence-electron chi connectivity index (χ4n) is 5.39. The molecule has 3 atom stereocenters. The van der Waals surface area contributed by atoms with E-state index in [1.807, 2.05) is 30.3 Å². The van der Waals surface area contributed by atoms with E-state index in [-0.39, 0.29) is 29.4 Å². The van der Waals surface area contributed by atoms with Crippen molar-refractivity contribution in [3.63, 3.8) is 0 Å². The van der Waals surface area contributed by atoms with Crippen LogP contribution in [0.4, 0.5) is 14.5 Å². The third kappa shape index (κ3) is 4.58. The second-order valence-electron chi connectivity index (χ2n) is 9.67. The van der Waals surface area contributed by atoms with E-state index in [2.05, 4.69) is 34.7 Å². The van der Waals surface area contributed by atoms with Gasteiger partial charge in [0.25, 0.3) is 5.56 Å². The Labute approximate surface area is 214 Å². The molecule has 0 N–H and O–H groups in total. The smallest absolute Gasteiger partial charge is 0.252 e. The van der Waals surface area contributed by atoms with E-state index < -0.39 is 11.6 Å². The van der Waals surface area contributed by atoms with Gasteiger partial charge in [0.2, 0.25) is 0 Å². The summed E-state index contributed by atoms with van der Waals surface area (Å²) >= 11 is 0. The van der Waals surface area contributed by atoms with Crippen LogP contribution in [0.15, 0.2) is 71.5 Å². The first-order valence-corrected chi connectivity index (χ1v) is 12.2. The fraction of sp³-hybridized carbons (Fsp3) is 0.276. The summed E-state index contributed by atoms with van der Waals surface area (Å²) in [6.07, 6.45) is 0. The Balaban J connectivity index is 1.57. The first-order chi connectivity index (χ1) is 17.8. The molecule has 0 radical (unpaired) electrons. The van der Waals surface area contributed by atoms with E-state index in [4.69, 9.17) is 0 Å². The maximum atomic E-state index is 14.3. The number of benzene rings is 2. The molecule has 4 aromatic rings. The van der Waals surface area contributed by atoms with Gasteiger partial charge in [0.15, 0.2) is 0 Å². The van der Waals surface area contributed by atoms with Gasteiger partial charge in [0.1, 0.15) is 28.9 Å². The van der Waals surface area contributed by atoms with Crippen LogP contribution in [0.5, 0.6) is 0 Å². The molecule has 1 aliphatic heterocycles. The first-order valence-electron chi connectivity index (χ1n) is 12.2. The molecule has 2 aromatic heterocycles. The number of anilines is 1. The lowest BCUT2D eigenvalue weighted by molar-refractivity contribution is 0.129. The molecule has 5 rings (SSSR count). The predicted octanol–water partition coefficient (Wildman–Crippen LogP) is 4.77. The lowest BCUT2D eigenvalue weighted by Gasteiger charge is -2.48. The minimum atomic E-state index is -0.610. The van der Waals surface area contributed by atoms with Gasteiger partial charge in [0, 0.05) is 44.4 Å². The lowest BCUT2D eigenvalue weighted by Crippen LogP contribution is -2.57. The van der Waals surface area contributed by atoms with Crippen molar-refractivity contribution in [3.8, 4) is 6.07 Å². The summed E-state index contributed by atoms with van der Waals surface area (Å²) < 4.78 is 30.1. The molecule has 2 unspecified atom stereocenters. The minimum Gasteiger partial charge on any atom is -0.364 e. The number of nitriles is 1. The molecular weight excluding hydrogens is 472 g/mol. The number of hydrogen-bond acceptors (Lipinski definition) is 5. The Bertz CT molecular complexity index is 1540. The standard InChI is InChI=1S/C29H27F2N5O/c1-18-17-36(29(20-7-5-4-6-8-20)21-11-22(30)13-23(31)12-21)19(2)16-35(18)26-14-27(37)34(3)25-10-9-24(15-32)33-28(25)26/h4-14,18-19,29H,16-17H2,1-3H3/t18-,19?,29?/m0/s1. The van der Waals surface area contributed by atoms with Gasteiger partial charge in [-0.05, 0) is 49.2 Å². The molecule has 0 amide bonds. The zero-order valence-electron chi connectivity index (χ0n) is 20.9. The number of pyridine rings is 2. The Hall–Kier alpha value is -4.09. The van der Waals surface area contributed by atoms with Crippen LogP contribution in [-0.4, -0.2) is 39.6 Å². The summed E-state index contributed by atoms with van der Waals surface area (Å²) in [6, 6.07) is 20.0. The third-order valence-corrected chi connectivity index (χ3v) is 7.17. The van der Waals surface area contributed by atoms with Crippen LogP contribution in [0.25, 0.3) is 11.0 Å². The van der Waals surface area contributed by atoms with Crippen LogP contribution in [0, 0.1) is 23.0 Å². The van der Waals surface area contributed by atoms with Gasteiger partial charge in [-0.3, -0.25) is 9.69 Å². The van der Waals surface area contributed by atoms with Crippen LogP contribution in [0.2, 0.25) is 0 Å². The van der Waals surface area contributed by atoms with Gasteiger partial charge < -0.3 is 9.47 Å². The second-order valence-corrected chi connectivity index (χ2v) is 9.67. The molecule has 3 heterocycles. The van der Waals surface area contributed by atoms with E-state index in [1.165, 1.54) is 16.7 Å². The average Bonchev–Trinajstić information content (AvgIpc) is 2.88. The third-order valence-electron chi connectivity index (χ3n) is 7.17. The SMILES string of the molecule is CC1CN(c2cc(=O)n(C)c3ccc(C#N)nc23)[C@@H](C)CN1C(c1ccccc1)c1cc(F)cc(F)c1. The van der Waals surface area contributed by atoms with E-state index >= 15 is 0 Å². The van der Waals surface area contributed by atoms with Crippen LogP contribution < -0.4 is 10.5 Å². The highest BCUT2D eigenvalue weighted by atomic mass is 19.1. The van der Waals surface area contributed by atoms with Crippen LogP contribution in [0.1, 0.15) is 36.7 Å². The highest BCUT2D eigenvalue weighted by Crippen LogP contribution is 2.36. The summed E-state index contributed by atoms with van der Waals surface area (Å²) in [4.78, 5) is 21.7. The topological polar surface area (TPSA) is 65.2 Å². The highest BCUT2D eigenvalue weighted by molar-refractivity contribution is 5.89. The molecule has 8 heteroatoms. The molecule has 1 saturated heterocycles. The zero-order chi connectivity index (χ0) is 26.3. The molecule has 1 fully saturated rings. The molecule has 0 bridgehead atoms. The minimum absolute atomic E-state index is 0.0361. The average molecular weight is 500 g/mol. The monoisotopic (exact) mass is 499 g/mol. The molecule has 0 aliphatic carbocycles. The molecule has 0 spiro atoms. The molecular formula is C29H27F2N5O. The maximum Gasteiger partial charge on any atom is 0.252 e. The molecule has 37 heavy (non-hydrogen) atoms. The van der Waals surface area contributed by atoms with Crippen molar-refractivity contribution in [1.82, 2.24) is 14.5 Å². The lowest BCUT2D eigenvalue weighted by atomic mass is 9.93. The van der Waals surface area contributed by atoms with Gasteiger partial charge >= 0.3 is 0 Å². The molecule has 0 saturated carbocycles. The quantitative estimate of drug-likeness (QED) is 0.405. The summed E-state index contributed by atoms with van der Waals surface area (Å²) in [7, 11) is 1.69. The van der Waals surface area contributed by atoms with E-state index in [0.717, 1.165) is 11.6 Å². The fourth-order valence-corrected chi connectivity index (χ4v) is 5.39. The van der Waals surface area contributed by atoms with Crippen molar-refractivity contribution in [2.24, 2.45) is 7.05 Å². The maximum absolute atomic E-state index is 14.3. The number of halogens is 2. The normalized spacial score (nSPS) is 19.1. The molecule has 1 aliphatic rings. The Morgan fingerprint density at radius 2 is 1.65 bits per heavy atom. The van der Waals surface area contributed by atoms with Gasteiger partial charge in [-0.25, -0.2) is 13.8 Å². The van der Waals surface area contributed by atoms with Crippen LogP contribution in [0.3, 0.4) is 0 Å². The number of piperazine rings is 1. The Morgan fingerprint density at radius 1 is 0.946 bits per heavy atom. The second kappa shape index (κ2) is 9.75. The van der Waals surface area contributed by atoms with Crippen molar-refractivity contribution >= 4 is 16.7 Å². The molecule has 6 nitrogen and oxygen atoms in total. The van der Waals surface area contributed by atoms with Crippen LogP contribution in [-0.2, 0) is 7.05 Å². The zero-order valence-corrected chi connectivity index (χ0v) is 20.9. The number of aryl methyl sites for hydroxylation is 1. The Morgan fingerprint density at radius 3 is 2.32 bits per heavy atom. The Kier molecular flexibility index (Phi) is 6.48. The van der Waals surface area contributed by atoms with Gasteiger partial charge in [-0.15, -0.1) is 0 Å². The first kappa shape index (κ1) is 24.6. The molecule has 188 valence electrons. The van der Waals surface area contributed by atoms with E-state index in [9.17, 15) is 18.8 Å². The number of fused-ring (bicyclic) bond motifs is 1. The summed E-state index contributed by atoms with van der Waals surface area (Å²) in [6.45, 7) is 5.27. The van der Waals surface area contributed by atoms with Crippen molar-refractivity contribution in [3.05, 3.63) is 106 Å². The number of nitrogens with zero attached hydrogens (tertiary/aromatic N) is 5. The number of rotatable bonds is 4. The summed E-state index contributed by atoms with van der Waals surface area (Å²) in [5, 5.41) is 9.41. The predicted molar refractivity (Wildman–Crippen MR) is 139 cm³/mol. The van der Waals surface area contributed by atoms with Crippen molar-refractivity contribution in [2.45, 2.75) is 32.0 Å². The van der Waals surface area contributed by atoms with Gasteiger partial charge in [-0.2, -0.15) is 5.26 Å². The summed E-state index contributed by atoms with van der Waals surface area (Å²) in [5.74, 6) is -1.22. The van der Waals surface area contributed by atoms with Gasteiger partial charge in [0.05, 0.1) is 17.2 Å². The van der Waals surface area contributed by atoms with Crippen LogP contribution >= 0.6 is 0 Å². The highest BCUT2D eigenvalue weighted by Gasteiger charge is 2.36. The number of aromatic nitrogens is 2. The van der Waals surface area contributed by atoms with E-state index in [1.54, 1.807) is 25.2 Å². The largest absolute Gasteiger partial charge is 0.364 e. The van der Waals surface area contributed by atoms with E-state index in [0.29, 0.717) is 35.4 Å².